The van der Waals surface area contributed by atoms with Gasteiger partial charge in [0.25, 0.3) is 0 Å². The molecule has 0 saturated heterocycles. The topological polar surface area (TPSA) is 81.2 Å². The summed E-state index contributed by atoms with van der Waals surface area (Å²) in [5.74, 6) is -1.81. The van der Waals surface area contributed by atoms with Gasteiger partial charge < -0.3 is 10.1 Å². The summed E-state index contributed by atoms with van der Waals surface area (Å²) < 4.78 is 19.1. The minimum atomic E-state index is -0.838. The molecule has 174 valence electrons. The number of amides is 1. The van der Waals surface area contributed by atoms with E-state index in [9.17, 15) is 14.0 Å². The molecule has 0 saturated carbocycles. The Morgan fingerprint density at radius 2 is 1.85 bits per heavy atom. The van der Waals surface area contributed by atoms with Gasteiger partial charge in [-0.1, -0.05) is 61.6 Å². The number of methoxy groups -OCH3 is 1. The summed E-state index contributed by atoms with van der Waals surface area (Å²) in [6.07, 6.45) is 0. The van der Waals surface area contributed by atoms with Crippen LogP contribution in [0, 0.1) is 11.2 Å². The molecule has 0 bridgehead atoms. The Kier molecular flexibility index (Phi) is 6.85. The second-order valence-corrected chi connectivity index (χ2v) is 10.1. The first-order valence-corrected chi connectivity index (χ1v) is 12.1. The van der Waals surface area contributed by atoms with Gasteiger partial charge in [-0.05, 0) is 35.4 Å². The number of hydrogen-bond donors (Lipinski definition) is 1. The third-order valence-electron chi connectivity index (χ3n) is 5.59. The molecule has 2 heterocycles. The molecule has 1 atom stereocenters. The molecule has 2 aromatic carbocycles. The van der Waals surface area contributed by atoms with Crippen LogP contribution in [-0.2, 0) is 9.53 Å². The van der Waals surface area contributed by atoms with Crippen molar-refractivity contribution in [2.45, 2.75) is 19.8 Å². The predicted octanol–water partition coefficient (Wildman–Crippen LogP) is 5.99. The molecule has 1 N–H and O–H groups in total. The third-order valence-corrected chi connectivity index (χ3v) is 7.40. The summed E-state index contributed by atoms with van der Waals surface area (Å²) >= 11 is 2.74. The maximum atomic E-state index is 14.5. The zero-order chi connectivity index (χ0) is 24.3. The Hall–Kier alpha value is -3.43. The number of anilines is 1. The number of benzene rings is 2. The Bertz CT molecular complexity index is 1300. The number of esters is 1. The van der Waals surface area contributed by atoms with Crippen molar-refractivity contribution in [1.82, 2.24) is 10.2 Å². The predicted molar refractivity (Wildman–Crippen MR) is 132 cm³/mol. The van der Waals surface area contributed by atoms with Gasteiger partial charge in [-0.2, -0.15) is 0 Å². The average molecular weight is 496 g/mol. The Morgan fingerprint density at radius 1 is 1.09 bits per heavy atom. The van der Waals surface area contributed by atoms with Gasteiger partial charge in [0.05, 0.1) is 18.1 Å². The normalized spacial score (nSPS) is 12.2. The highest BCUT2D eigenvalue weighted by atomic mass is 32.1. The number of hydrogen-bond acceptors (Lipinski definition) is 7. The number of carbonyl (C=O) groups is 2. The molecule has 0 aliphatic rings. The van der Waals surface area contributed by atoms with E-state index in [0.29, 0.717) is 10.7 Å². The molecule has 34 heavy (non-hydrogen) atoms. The molecule has 0 radical (unpaired) electrons. The van der Waals surface area contributed by atoms with E-state index in [4.69, 9.17) is 0 Å². The number of rotatable bonds is 7. The molecule has 0 fully saturated rings. The molecule has 0 aliphatic heterocycles. The number of nitrogens with one attached hydrogen (secondary N) is 1. The summed E-state index contributed by atoms with van der Waals surface area (Å²) in [5, 5.41) is 11.0. The lowest BCUT2D eigenvalue weighted by atomic mass is 9.73. The van der Waals surface area contributed by atoms with Crippen molar-refractivity contribution >= 4 is 39.7 Å². The summed E-state index contributed by atoms with van der Waals surface area (Å²) in [6.45, 7) is 3.79. The van der Waals surface area contributed by atoms with Gasteiger partial charge in [0.2, 0.25) is 11.0 Å². The first-order valence-electron chi connectivity index (χ1n) is 10.4. The van der Waals surface area contributed by atoms with E-state index >= 15 is 0 Å². The van der Waals surface area contributed by atoms with Crippen molar-refractivity contribution < 1.29 is 18.7 Å². The highest BCUT2D eigenvalue weighted by Gasteiger charge is 2.40. The maximum Gasteiger partial charge on any atom is 0.340 e. The minimum Gasteiger partial charge on any atom is -0.465 e. The highest BCUT2D eigenvalue weighted by molar-refractivity contribution is 7.15. The standard InChI is InChI=1S/C25H22FN3O3S2/c1-25(2,23(31)28-24-29-27-14-33-24)21(15-7-5-4-6-8-15)20-12-11-19(34-20)16-9-10-17(18(26)13-16)22(30)32-3/h4-14,21H,1-3H3,(H,28,29,31). The van der Waals surface area contributed by atoms with Gasteiger partial charge in [-0.25, -0.2) is 9.18 Å². The van der Waals surface area contributed by atoms with E-state index in [1.54, 1.807) is 11.6 Å². The number of thiophene rings is 1. The van der Waals surface area contributed by atoms with E-state index in [1.165, 1.54) is 41.9 Å². The lowest BCUT2D eigenvalue weighted by molar-refractivity contribution is -0.124. The fourth-order valence-electron chi connectivity index (χ4n) is 3.81. The van der Waals surface area contributed by atoms with E-state index in [0.717, 1.165) is 15.3 Å². The lowest BCUT2D eigenvalue weighted by Gasteiger charge is -2.32. The smallest absolute Gasteiger partial charge is 0.340 e. The van der Waals surface area contributed by atoms with E-state index in [1.807, 2.05) is 56.3 Å². The first kappa shape index (κ1) is 23.7. The average Bonchev–Trinajstić information content (AvgIpc) is 3.52. The second kappa shape index (κ2) is 9.82. The third kappa shape index (κ3) is 4.76. The molecule has 2 aromatic heterocycles. The van der Waals surface area contributed by atoms with Crippen LogP contribution in [0.3, 0.4) is 0 Å². The zero-order valence-corrected chi connectivity index (χ0v) is 20.4. The Balaban J connectivity index is 1.71. The first-order chi connectivity index (χ1) is 16.3. The molecule has 6 nitrogen and oxygen atoms in total. The van der Waals surface area contributed by atoms with E-state index in [2.05, 4.69) is 20.3 Å². The number of aromatic nitrogens is 2. The van der Waals surface area contributed by atoms with Crippen LogP contribution in [0.15, 0.2) is 66.2 Å². The number of carbonyl (C=O) groups excluding carboxylic acids is 2. The van der Waals surface area contributed by atoms with Crippen LogP contribution < -0.4 is 5.32 Å². The number of ether oxygens (including phenoxy) is 1. The number of halogens is 1. The van der Waals surface area contributed by atoms with Gasteiger partial charge in [-0.15, -0.1) is 21.5 Å². The van der Waals surface area contributed by atoms with Crippen LogP contribution in [0.4, 0.5) is 9.52 Å². The molecule has 4 aromatic rings. The molecule has 9 heteroatoms. The van der Waals surface area contributed by atoms with Crippen LogP contribution in [0.25, 0.3) is 10.4 Å². The molecule has 0 aliphatic carbocycles. The zero-order valence-electron chi connectivity index (χ0n) is 18.7. The van der Waals surface area contributed by atoms with Gasteiger partial charge in [0.15, 0.2) is 0 Å². The van der Waals surface area contributed by atoms with Crippen molar-refractivity contribution in [3.63, 3.8) is 0 Å². The van der Waals surface area contributed by atoms with Crippen molar-refractivity contribution in [1.29, 1.82) is 0 Å². The van der Waals surface area contributed by atoms with Crippen LogP contribution in [0.2, 0.25) is 0 Å². The lowest BCUT2D eigenvalue weighted by Crippen LogP contribution is -2.36. The van der Waals surface area contributed by atoms with Gasteiger partial charge in [0, 0.05) is 15.7 Å². The SMILES string of the molecule is COC(=O)c1ccc(-c2ccc(C(c3ccccc3)C(C)(C)C(=O)Nc3nncs3)s2)cc1F. The van der Waals surface area contributed by atoms with Crippen LogP contribution >= 0.6 is 22.7 Å². The van der Waals surface area contributed by atoms with Crippen molar-refractivity contribution in [3.05, 3.63) is 88.0 Å². The molecular weight excluding hydrogens is 473 g/mol. The fraction of sp³-hybridized carbons (Fsp3) is 0.200. The van der Waals surface area contributed by atoms with Crippen molar-refractivity contribution in [2.75, 3.05) is 12.4 Å². The van der Waals surface area contributed by atoms with E-state index < -0.39 is 17.2 Å². The quantitative estimate of drug-likeness (QED) is 0.319. The summed E-state index contributed by atoms with van der Waals surface area (Å²) in [7, 11) is 1.22. The second-order valence-electron chi connectivity index (χ2n) is 8.15. The Labute approximate surface area is 204 Å². The van der Waals surface area contributed by atoms with Crippen LogP contribution in [0.5, 0.6) is 0 Å². The fourth-order valence-corrected chi connectivity index (χ4v) is 5.57. The van der Waals surface area contributed by atoms with Gasteiger partial charge >= 0.3 is 5.97 Å². The van der Waals surface area contributed by atoms with Crippen molar-refractivity contribution in [2.24, 2.45) is 5.41 Å². The molecular formula is C25H22FN3O3S2. The van der Waals surface area contributed by atoms with Crippen molar-refractivity contribution in [3.8, 4) is 10.4 Å². The summed E-state index contributed by atoms with van der Waals surface area (Å²) in [4.78, 5) is 26.8. The highest BCUT2D eigenvalue weighted by Crippen LogP contribution is 2.46. The van der Waals surface area contributed by atoms with Crippen LogP contribution in [-0.4, -0.2) is 29.2 Å². The monoisotopic (exact) mass is 495 g/mol. The number of nitrogens with zero attached hydrogens (tertiary/aromatic N) is 2. The summed E-state index contributed by atoms with van der Waals surface area (Å²) in [5.41, 5.74) is 2.24. The van der Waals surface area contributed by atoms with Gasteiger partial charge in [-0.3, -0.25) is 4.79 Å². The molecule has 1 amide bonds. The maximum absolute atomic E-state index is 14.5. The van der Waals surface area contributed by atoms with Gasteiger partial charge in [0.1, 0.15) is 11.3 Å². The summed E-state index contributed by atoms with van der Waals surface area (Å²) in [6, 6.07) is 18.1. The van der Waals surface area contributed by atoms with E-state index in [-0.39, 0.29) is 17.4 Å². The molecule has 0 spiro atoms. The Morgan fingerprint density at radius 3 is 2.50 bits per heavy atom. The molecule has 1 unspecified atom stereocenters. The minimum absolute atomic E-state index is 0.111. The molecule has 4 rings (SSSR count). The van der Waals surface area contributed by atoms with Crippen LogP contribution in [0.1, 0.15) is 40.6 Å². The largest absolute Gasteiger partial charge is 0.465 e.